The second kappa shape index (κ2) is 10.6. The van der Waals surface area contributed by atoms with E-state index < -0.39 is 22.0 Å². The molecule has 4 rings (SSSR count). The number of aryl methyl sites for hydroxylation is 1. The molecule has 0 aliphatic carbocycles. The van der Waals surface area contributed by atoms with Crippen LogP contribution in [0.5, 0.6) is 17.2 Å². The van der Waals surface area contributed by atoms with Gasteiger partial charge in [0.1, 0.15) is 5.75 Å². The van der Waals surface area contributed by atoms with Crippen molar-refractivity contribution < 1.29 is 27.4 Å². The van der Waals surface area contributed by atoms with Gasteiger partial charge in [0.25, 0.3) is 15.9 Å². The summed E-state index contributed by atoms with van der Waals surface area (Å²) in [5, 5.41) is 2.86. The molecule has 38 heavy (non-hydrogen) atoms. The number of carbonyl (C=O) groups excluding carboxylic acids is 1. The molecule has 0 radical (unpaired) electrons. The van der Waals surface area contributed by atoms with Crippen molar-refractivity contribution >= 4 is 21.6 Å². The molecule has 0 aromatic heterocycles. The van der Waals surface area contributed by atoms with Gasteiger partial charge in [0, 0.05) is 6.54 Å². The number of fused-ring (bicyclic) bond motifs is 1. The fourth-order valence-electron chi connectivity index (χ4n) is 4.21. The molecular weight excluding hydrogens is 504 g/mol. The number of methoxy groups -OCH3 is 2. The van der Waals surface area contributed by atoms with Crippen molar-refractivity contribution in [3.63, 3.8) is 0 Å². The van der Waals surface area contributed by atoms with E-state index in [1.807, 2.05) is 25.1 Å². The molecule has 1 amide bonds. The number of carbonyl (C=O) groups is 1. The molecule has 3 aromatic carbocycles. The van der Waals surface area contributed by atoms with Gasteiger partial charge in [0.05, 0.1) is 31.3 Å². The van der Waals surface area contributed by atoms with E-state index in [1.54, 1.807) is 56.7 Å². The van der Waals surface area contributed by atoms with E-state index >= 15 is 0 Å². The Bertz CT molecular complexity index is 1430. The zero-order chi connectivity index (χ0) is 27.7. The Morgan fingerprint density at radius 1 is 1.00 bits per heavy atom. The SMILES string of the molecule is COc1ccc(CNC(=O)[C@@H]2CN(S(=O)(=O)c3ccc(C)cc3)c3cc(C(C)(C)C)ccc3O2)cc1OC. The van der Waals surface area contributed by atoms with Gasteiger partial charge >= 0.3 is 0 Å². The Kier molecular flexibility index (Phi) is 7.60. The second-order valence-corrected chi connectivity index (χ2v) is 12.2. The number of rotatable bonds is 7. The van der Waals surface area contributed by atoms with Crippen LogP contribution in [0.4, 0.5) is 5.69 Å². The summed E-state index contributed by atoms with van der Waals surface area (Å²) in [6.07, 6.45) is -1.04. The molecule has 202 valence electrons. The molecule has 1 heterocycles. The van der Waals surface area contributed by atoms with Crippen LogP contribution in [0.3, 0.4) is 0 Å². The molecular formula is C29H34N2O6S. The molecule has 8 nitrogen and oxygen atoms in total. The molecule has 0 saturated heterocycles. The van der Waals surface area contributed by atoms with Crippen molar-refractivity contribution in [2.24, 2.45) is 0 Å². The topological polar surface area (TPSA) is 94.2 Å². The number of nitrogens with one attached hydrogen (secondary N) is 1. The highest BCUT2D eigenvalue weighted by Crippen LogP contribution is 2.40. The van der Waals surface area contributed by atoms with Crippen molar-refractivity contribution in [3.05, 3.63) is 77.4 Å². The maximum atomic E-state index is 13.8. The number of benzene rings is 3. The van der Waals surface area contributed by atoms with Gasteiger partial charge < -0.3 is 19.5 Å². The van der Waals surface area contributed by atoms with Crippen molar-refractivity contribution in [3.8, 4) is 17.2 Å². The number of nitrogens with zero attached hydrogens (tertiary/aromatic N) is 1. The van der Waals surface area contributed by atoms with E-state index in [0.29, 0.717) is 22.9 Å². The fourth-order valence-corrected chi connectivity index (χ4v) is 5.68. The monoisotopic (exact) mass is 538 g/mol. The molecule has 3 aromatic rings. The number of hydrogen-bond donors (Lipinski definition) is 1. The maximum absolute atomic E-state index is 13.8. The highest BCUT2D eigenvalue weighted by atomic mass is 32.2. The Morgan fingerprint density at radius 2 is 1.68 bits per heavy atom. The van der Waals surface area contributed by atoms with Crippen molar-refractivity contribution in [2.45, 2.75) is 50.7 Å². The minimum absolute atomic E-state index is 0.154. The highest BCUT2D eigenvalue weighted by Gasteiger charge is 2.38. The molecule has 0 bridgehead atoms. The summed E-state index contributed by atoms with van der Waals surface area (Å²) in [6, 6.07) is 17.5. The van der Waals surface area contributed by atoms with Crippen molar-refractivity contribution in [1.29, 1.82) is 0 Å². The number of sulfonamides is 1. The van der Waals surface area contributed by atoms with Crippen LogP contribution in [-0.4, -0.2) is 41.2 Å². The summed E-state index contributed by atoms with van der Waals surface area (Å²) in [5.74, 6) is 1.05. The number of hydrogen-bond acceptors (Lipinski definition) is 6. The van der Waals surface area contributed by atoms with Gasteiger partial charge in [-0.25, -0.2) is 8.42 Å². The zero-order valence-corrected chi connectivity index (χ0v) is 23.4. The molecule has 0 unspecified atom stereocenters. The second-order valence-electron chi connectivity index (χ2n) is 10.3. The number of anilines is 1. The Morgan fingerprint density at radius 3 is 2.32 bits per heavy atom. The molecule has 1 N–H and O–H groups in total. The smallest absolute Gasteiger partial charge is 0.264 e. The Balaban J connectivity index is 1.64. The van der Waals surface area contributed by atoms with Gasteiger partial charge in [-0.15, -0.1) is 0 Å². The van der Waals surface area contributed by atoms with Crippen LogP contribution in [0.1, 0.15) is 37.5 Å². The zero-order valence-electron chi connectivity index (χ0n) is 22.6. The summed E-state index contributed by atoms with van der Waals surface area (Å²) in [7, 11) is -0.864. The first-order valence-corrected chi connectivity index (χ1v) is 13.8. The first-order valence-electron chi connectivity index (χ1n) is 12.3. The van der Waals surface area contributed by atoms with Gasteiger partial charge in [-0.1, -0.05) is 50.6 Å². The molecule has 1 atom stereocenters. The molecule has 0 spiro atoms. The van der Waals surface area contributed by atoms with Gasteiger partial charge in [0.2, 0.25) is 0 Å². The minimum Gasteiger partial charge on any atom is -0.493 e. The fraction of sp³-hybridized carbons (Fsp3) is 0.345. The average Bonchev–Trinajstić information content (AvgIpc) is 2.90. The van der Waals surface area contributed by atoms with Gasteiger partial charge in [0.15, 0.2) is 17.6 Å². The summed E-state index contributed by atoms with van der Waals surface area (Å²) < 4.78 is 45.6. The van der Waals surface area contributed by atoms with E-state index in [4.69, 9.17) is 14.2 Å². The van der Waals surface area contributed by atoms with Gasteiger partial charge in [-0.05, 0) is 59.9 Å². The molecule has 0 fully saturated rings. The van der Waals surface area contributed by atoms with Crippen LogP contribution in [0, 0.1) is 6.92 Å². The lowest BCUT2D eigenvalue weighted by Crippen LogP contribution is -2.50. The van der Waals surface area contributed by atoms with Crippen LogP contribution in [0.15, 0.2) is 65.6 Å². The summed E-state index contributed by atoms with van der Waals surface area (Å²) >= 11 is 0. The van der Waals surface area contributed by atoms with Gasteiger partial charge in [-0.2, -0.15) is 0 Å². The molecule has 9 heteroatoms. The normalized spacial score (nSPS) is 15.3. The molecule has 1 aliphatic rings. The predicted molar refractivity (Wildman–Crippen MR) is 147 cm³/mol. The summed E-state index contributed by atoms with van der Waals surface area (Å²) in [4.78, 5) is 13.4. The molecule has 1 aliphatic heterocycles. The highest BCUT2D eigenvalue weighted by molar-refractivity contribution is 7.92. The quantitative estimate of drug-likeness (QED) is 0.473. The lowest BCUT2D eigenvalue weighted by atomic mass is 9.86. The largest absolute Gasteiger partial charge is 0.493 e. The first kappa shape index (κ1) is 27.3. The van der Waals surface area contributed by atoms with E-state index in [9.17, 15) is 13.2 Å². The summed E-state index contributed by atoms with van der Waals surface area (Å²) in [5.41, 5.74) is 2.92. The van der Waals surface area contributed by atoms with E-state index in [0.717, 1.165) is 16.7 Å². The van der Waals surface area contributed by atoms with Gasteiger partial charge in [-0.3, -0.25) is 9.10 Å². The van der Waals surface area contributed by atoms with Crippen molar-refractivity contribution in [1.82, 2.24) is 5.32 Å². The predicted octanol–water partition coefficient (Wildman–Crippen LogP) is 4.58. The van der Waals surface area contributed by atoms with E-state index in [1.165, 1.54) is 4.31 Å². The standard InChI is InChI=1S/C29H34N2O6S/c1-19-7-11-22(12-8-19)38(33,34)31-18-27(37-24-14-10-21(16-23(24)31)29(2,3)4)28(32)30-17-20-9-13-25(35-5)26(15-20)36-6/h7-16,27H,17-18H2,1-6H3,(H,30,32)/t27-/m0/s1. The average molecular weight is 539 g/mol. The first-order chi connectivity index (χ1) is 17.9. The lowest BCUT2D eigenvalue weighted by molar-refractivity contribution is -0.127. The third-order valence-electron chi connectivity index (χ3n) is 6.51. The lowest BCUT2D eigenvalue weighted by Gasteiger charge is -2.36. The number of ether oxygens (including phenoxy) is 3. The maximum Gasteiger partial charge on any atom is 0.264 e. The van der Waals surface area contributed by atoms with Crippen LogP contribution < -0.4 is 23.8 Å². The molecule has 0 saturated carbocycles. The summed E-state index contributed by atoms with van der Waals surface area (Å²) in [6.45, 7) is 8.12. The number of amides is 1. The third kappa shape index (κ3) is 5.57. The Labute approximate surface area is 224 Å². The Hall–Kier alpha value is -3.72. The third-order valence-corrected chi connectivity index (χ3v) is 8.30. The van der Waals surface area contributed by atoms with E-state index in [-0.39, 0.29) is 23.4 Å². The van der Waals surface area contributed by atoms with Crippen LogP contribution in [0.2, 0.25) is 0 Å². The minimum atomic E-state index is -3.96. The van der Waals surface area contributed by atoms with Crippen LogP contribution in [0.25, 0.3) is 0 Å². The van der Waals surface area contributed by atoms with Crippen LogP contribution >= 0.6 is 0 Å². The van der Waals surface area contributed by atoms with Crippen molar-refractivity contribution in [2.75, 3.05) is 25.1 Å². The van der Waals surface area contributed by atoms with E-state index in [2.05, 4.69) is 26.1 Å². The van der Waals surface area contributed by atoms with Crippen LogP contribution in [-0.2, 0) is 26.8 Å².